The number of benzene rings is 1. The highest BCUT2D eigenvalue weighted by Crippen LogP contribution is 2.35. The molecule has 0 fully saturated rings. The van der Waals surface area contributed by atoms with Gasteiger partial charge in [0, 0.05) is 4.88 Å². The summed E-state index contributed by atoms with van der Waals surface area (Å²) in [6, 6.07) is 6.82. The molecule has 1 heterocycles. The zero-order valence-electron chi connectivity index (χ0n) is 18.4. The van der Waals surface area contributed by atoms with E-state index in [-0.39, 0.29) is 17.0 Å². The van der Waals surface area contributed by atoms with Crippen LogP contribution in [-0.4, -0.2) is 40.8 Å². The summed E-state index contributed by atoms with van der Waals surface area (Å²) in [5.41, 5.74) is 11.4. The third kappa shape index (κ3) is 7.96. The molecule has 4 amide bonds. The van der Waals surface area contributed by atoms with Crippen molar-refractivity contribution in [2.24, 2.45) is 11.5 Å². The number of hydrogen-bond donors (Lipinski definition) is 5. The number of amides is 4. The first kappa shape index (κ1) is 25.4. The second-order valence-electron chi connectivity index (χ2n) is 8.01. The molecular weight excluding hydrogens is 448 g/mol. The molecule has 0 saturated heterocycles. The number of rotatable bonds is 8. The van der Waals surface area contributed by atoms with Crippen LogP contribution in [0.2, 0.25) is 0 Å². The summed E-state index contributed by atoms with van der Waals surface area (Å²) < 4.78 is 5.10. The van der Waals surface area contributed by atoms with Crippen LogP contribution in [-0.2, 0) is 9.53 Å². The molecule has 1 atom stereocenters. The zero-order valence-corrected chi connectivity index (χ0v) is 19.2. The van der Waals surface area contributed by atoms with Gasteiger partial charge in [0.15, 0.2) is 0 Å². The van der Waals surface area contributed by atoms with Gasteiger partial charge in [0.05, 0.1) is 5.56 Å². The Hall–Kier alpha value is -3.86. The maximum atomic E-state index is 11.9. The van der Waals surface area contributed by atoms with Crippen molar-refractivity contribution in [3.63, 3.8) is 0 Å². The van der Waals surface area contributed by atoms with Gasteiger partial charge < -0.3 is 26.6 Å². The predicted molar refractivity (Wildman–Crippen MR) is 126 cm³/mol. The first-order chi connectivity index (χ1) is 15.4. The monoisotopic (exact) mass is 474 g/mol. The number of carboxylic acids is 1. The second-order valence-corrected chi connectivity index (χ2v) is 9.06. The van der Waals surface area contributed by atoms with Gasteiger partial charge in [-0.05, 0) is 50.5 Å². The zero-order chi connectivity index (χ0) is 24.8. The molecule has 0 aliphatic carbocycles. The van der Waals surface area contributed by atoms with Gasteiger partial charge in [-0.3, -0.25) is 10.1 Å². The largest absolute Gasteiger partial charge is 0.480 e. The number of urea groups is 1. The fourth-order valence-corrected chi connectivity index (χ4v) is 3.79. The van der Waals surface area contributed by atoms with Gasteiger partial charge in [-0.25, -0.2) is 14.4 Å². The summed E-state index contributed by atoms with van der Waals surface area (Å²) in [5, 5.41) is 14.3. The van der Waals surface area contributed by atoms with Gasteiger partial charge in [0.25, 0.3) is 5.91 Å². The van der Waals surface area contributed by atoms with Crippen LogP contribution in [0, 0.1) is 0 Å². The van der Waals surface area contributed by atoms with Crippen molar-refractivity contribution in [3.8, 4) is 10.4 Å². The van der Waals surface area contributed by atoms with E-state index in [0.717, 1.165) is 22.5 Å². The van der Waals surface area contributed by atoms with E-state index in [2.05, 4.69) is 10.6 Å². The lowest BCUT2D eigenvalue weighted by Crippen LogP contribution is -2.43. The van der Waals surface area contributed by atoms with Gasteiger partial charge in [-0.2, -0.15) is 0 Å². The van der Waals surface area contributed by atoms with Gasteiger partial charge in [0.1, 0.15) is 16.6 Å². The number of ether oxygens (including phenoxy) is 1. The van der Waals surface area contributed by atoms with Crippen LogP contribution < -0.4 is 22.1 Å². The number of hydrogen-bond acceptors (Lipinski definition) is 6. The van der Waals surface area contributed by atoms with Crippen molar-refractivity contribution in [1.82, 2.24) is 5.32 Å². The molecule has 2 aromatic rings. The number of carboxylic acid groups (broad SMARTS) is 1. The van der Waals surface area contributed by atoms with Crippen LogP contribution in [0.3, 0.4) is 0 Å². The molecule has 33 heavy (non-hydrogen) atoms. The van der Waals surface area contributed by atoms with Gasteiger partial charge in [0.2, 0.25) is 0 Å². The van der Waals surface area contributed by atoms with Crippen LogP contribution in [0.25, 0.3) is 16.5 Å². The van der Waals surface area contributed by atoms with E-state index >= 15 is 0 Å². The number of thiophene rings is 1. The number of carbonyl (C=O) groups excluding carboxylic acids is 3. The van der Waals surface area contributed by atoms with Crippen molar-refractivity contribution in [3.05, 3.63) is 47.5 Å². The minimum atomic E-state index is -1.19. The van der Waals surface area contributed by atoms with Crippen LogP contribution >= 0.6 is 11.3 Å². The van der Waals surface area contributed by atoms with Crippen LogP contribution in [0.1, 0.15) is 43.1 Å². The lowest BCUT2D eigenvalue weighted by atomic mass is 10.1. The third-order valence-corrected chi connectivity index (χ3v) is 5.18. The maximum absolute atomic E-state index is 11.9. The van der Waals surface area contributed by atoms with Gasteiger partial charge in [-0.1, -0.05) is 30.4 Å². The molecule has 0 aliphatic rings. The molecule has 0 unspecified atom stereocenters. The smallest absolute Gasteiger partial charge is 0.408 e. The maximum Gasteiger partial charge on any atom is 0.408 e. The molecule has 11 heteroatoms. The Morgan fingerprint density at radius 3 is 2.45 bits per heavy atom. The van der Waals surface area contributed by atoms with Crippen molar-refractivity contribution in [2.75, 3.05) is 5.32 Å². The lowest BCUT2D eigenvalue weighted by molar-refractivity contribution is -0.139. The van der Waals surface area contributed by atoms with Crippen LogP contribution in [0.15, 0.2) is 36.4 Å². The molecular formula is C22H26N4O6S. The van der Waals surface area contributed by atoms with E-state index in [1.165, 1.54) is 0 Å². The molecule has 0 aliphatic heterocycles. The molecule has 0 saturated carbocycles. The van der Waals surface area contributed by atoms with Crippen LogP contribution in [0.4, 0.5) is 14.6 Å². The Morgan fingerprint density at radius 2 is 1.88 bits per heavy atom. The Bertz CT molecular complexity index is 1090. The van der Waals surface area contributed by atoms with E-state index in [1.807, 2.05) is 18.2 Å². The van der Waals surface area contributed by atoms with E-state index in [9.17, 15) is 24.3 Å². The van der Waals surface area contributed by atoms with Crippen molar-refractivity contribution in [2.45, 2.75) is 38.8 Å². The molecule has 1 aromatic carbocycles. The van der Waals surface area contributed by atoms with E-state index in [1.54, 1.807) is 45.1 Å². The van der Waals surface area contributed by atoms with Crippen molar-refractivity contribution >= 4 is 46.4 Å². The van der Waals surface area contributed by atoms with Crippen molar-refractivity contribution < 1.29 is 29.0 Å². The Labute approximate surface area is 194 Å². The summed E-state index contributed by atoms with van der Waals surface area (Å²) >= 11 is 1.15. The predicted octanol–water partition coefficient (Wildman–Crippen LogP) is 3.39. The molecule has 10 nitrogen and oxygen atoms in total. The average Bonchev–Trinajstić information content (AvgIpc) is 3.09. The average molecular weight is 475 g/mol. The quantitative estimate of drug-likeness (QED) is 0.392. The normalized spacial score (nSPS) is 12.2. The first-order valence-electron chi connectivity index (χ1n) is 9.85. The minimum Gasteiger partial charge on any atom is -0.480 e. The molecule has 7 N–H and O–H groups in total. The highest BCUT2D eigenvalue weighted by atomic mass is 32.1. The lowest BCUT2D eigenvalue weighted by Gasteiger charge is -2.21. The Kier molecular flexibility index (Phi) is 8.19. The topological polar surface area (TPSA) is 174 Å². The number of carbonyl (C=O) groups is 4. The number of aliphatic carboxylic acids is 1. The molecule has 0 radical (unpaired) electrons. The second kappa shape index (κ2) is 10.6. The Morgan fingerprint density at radius 1 is 1.18 bits per heavy atom. The summed E-state index contributed by atoms with van der Waals surface area (Å²) in [6.45, 7) is 5.05. The highest BCUT2D eigenvalue weighted by Gasteiger charge is 2.23. The standard InChI is InChI=1S/C22H26N4O6S/c1-22(2,3)32-21(31)25-15(19(28)29)9-5-7-12-6-4-8-13(10-12)16-11-14(17(23)27)18(33-16)26-20(24)30/h4-8,10-11,15H,9H2,1-3H3,(H2,23,27)(H,25,31)(H,28,29)(H3,24,26,30)/t15-/m0/s1. The van der Waals surface area contributed by atoms with E-state index in [0.29, 0.717) is 4.88 Å². The number of alkyl carbamates (subject to hydrolysis) is 1. The number of nitrogens with two attached hydrogens (primary N) is 2. The third-order valence-electron chi connectivity index (χ3n) is 4.08. The summed E-state index contributed by atoms with van der Waals surface area (Å²) in [4.78, 5) is 46.9. The fraction of sp³-hybridized carbons (Fsp3) is 0.273. The summed E-state index contributed by atoms with van der Waals surface area (Å²) in [7, 11) is 0. The van der Waals surface area contributed by atoms with Crippen molar-refractivity contribution in [1.29, 1.82) is 0 Å². The SMILES string of the molecule is CC(C)(C)OC(=O)N[C@@H](CC=Cc1cccc(-c2cc(C(N)=O)c(NC(N)=O)s2)c1)C(=O)O. The first-order valence-corrected chi connectivity index (χ1v) is 10.7. The highest BCUT2D eigenvalue weighted by molar-refractivity contribution is 7.20. The van der Waals surface area contributed by atoms with E-state index in [4.69, 9.17) is 16.2 Å². The molecule has 0 spiro atoms. The van der Waals surface area contributed by atoms with Crippen LogP contribution in [0.5, 0.6) is 0 Å². The molecule has 2 rings (SSSR count). The molecule has 1 aromatic heterocycles. The number of anilines is 1. The van der Waals surface area contributed by atoms with Gasteiger partial charge >= 0.3 is 18.1 Å². The molecule has 0 bridgehead atoms. The summed E-state index contributed by atoms with van der Waals surface area (Å²) in [6.07, 6.45) is 2.56. The number of nitrogens with one attached hydrogen (secondary N) is 2. The number of primary amides is 2. The Balaban J connectivity index is 2.16. The van der Waals surface area contributed by atoms with Gasteiger partial charge in [-0.15, -0.1) is 11.3 Å². The molecule has 176 valence electrons. The minimum absolute atomic E-state index is 0.0380. The summed E-state index contributed by atoms with van der Waals surface area (Å²) in [5.74, 6) is -1.89. The fourth-order valence-electron chi connectivity index (χ4n) is 2.73. The van der Waals surface area contributed by atoms with E-state index < -0.39 is 35.6 Å².